The molecule has 0 bridgehead atoms. The first-order valence-electron chi connectivity index (χ1n) is 8.09. The molecule has 1 N–H and O–H groups in total. The normalized spacial score (nSPS) is 14.5. The Balaban J connectivity index is 1.59. The quantitative estimate of drug-likeness (QED) is 0.748. The van der Waals surface area contributed by atoms with Gasteiger partial charge in [0.25, 0.3) is 5.91 Å². The maximum absolute atomic E-state index is 12.3. The molecule has 24 heavy (non-hydrogen) atoms. The number of hydrogen-bond donors (Lipinski definition) is 1. The van der Waals surface area contributed by atoms with Crippen LogP contribution in [-0.2, 0) is 11.3 Å². The van der Waals surface area contributed by atoms with Gasteiger partial charge in [-0.15, -0.1) is 0 Å². The van der Waals surface area contributed by atoms with Gasteiger partial charge in [-0.3, -0.25) is 4.79 Å². The smallest absolute Gasteiger partial charge is 0.252 e. The molecule has 0 unspecified atom stereocenters. The lowest BCUT2D eigenvalue weighted by molar-refractivity contribution is 0.0950. The Morgan fingerprint density at radius 3 is 2.54 bits per heavy atom. The third kappa shape index (κ3) is 4.27. The fraction of sp³-hybridized carbons (Fsp3) is 0.316. The van der Waals surface area contributed by atoms with Gasteiger partial charge in [0.2, 0.25) is 0 Å². The first kappa shape index (κ1) is 17.2. The van der Waals surface area contributed by atoms with Gasteiger partial charge >= 0.3 is 0 Å². The molecule has 0 aliphatic carbocycles. The van der Waals surface area contributed by atoms with E-state index < -0.39 is 0 Å². The van der Waals surface area contributed by atoms with Gasteiger partial charge in [0, 0.05) is 28.9 Å². The molecule has 1 aliphatic rings. The number of carbonyl (C=O) groups excluding carboxylic acids is 1. The predicted molar refractivity (Wildman–Crippen MR) is 105 cm³/mol. The van der Waals surface area contributed by atoms with Crippen LogP contribution in [0.15, 0.2) is 42.5 Å². The number of hydrogen-bond acceptors (Lipinski definition) is 3. The monoisotopic (exact) mass is 436 g/mol. The summed E-state index contributed by atoms with van der Waals surface area (Å²) in [5, 5.41) is 3.00. The summed E-state index contributed by atoms with van der Waals surface area (Å²) in [6.07, 6.45) is 0. The van der Waals surface area contributed by atoms with Gasteiger partial charge in [-0.1, -0.05) is 23.8 Å². The lowest BCUT2D eigenvalue weighted by Gasteiger charge is -2.28. The lowest BCUT2D eigenvalue weighted by atomic mass is 10.1. The van der Waals surface area contributed by atoms with Crippen molar-refractivity contribution in [2.45, 2.75) is 13.5 Å². The van der Waals surface area contributed by atoms with Crippen molar-refractivity contribution in [2.24, 2.45) is 0 Å². The maximum Gasteiger partial charge on any atom is 0.252 e. The largest absolute Gasteiger partial charge is 0.378 e. The van der Waals surface area contributed by atoms with Crippen molar-refractivity contribution in [1.29, 1.82) is 0 Å². The van der Waals surface area contributed by atoms with Gasteiger partial charge in [0.15, 0.2) is 0 Å². The third-order valence-corrected chi connectivity index (χ3v) is 5.03. The molecule has 0 radical (unpaired) electrons. The van der Waals surface area contributed by atoms with E-state index in [0.717, 1.165) is 46.6 Å². The number of morpholine rings is 1. The fourth-order valence-corrected chi connectivity index (χ4v) is 3.64. The Morgan fingerprint density at radius 1 is 1.17 bits per heavy atom. The van der Waals surface area contributed by atoms with E-state index in [1.807, 2.05) is 25.1 Å². The summed E-state index contributed by atoms with van der Waals surface area (Å²) in [4.78, 5) is 14.6. The molecule has 1 saturated heterocycles. The highest BCUT2D eigenvalue weighted by molar-refractivity contribution is 14.1. The summed E-state index contributed by atoms with van der Waals surface area (Å²) < 4.78 is 6.36. The van der Waals surface area contributed by atoms with Crippen molar-refractivity contribution >= 4 is 34.2 Å². The van der Waals surface area contributed by atoms with Crippen LogP contribution in [0.4, 0.5) is 5.69 Å². The molecular weight excluding hydrogens is 415 g/mol. The van der Waals surface area contributed by atoms with E-state index in [1.165, 1.54) is 5.69 Å². The SMILES string of the molecule is Cc1ccc(C(=O)NCc2ccc(N3CCOCC3)cc2)c(I)c1. The Kier molecular flexibility index (Phi) is 5.73. The van der Waals surface area contributed by atoms with Crippen LogP contribution in [0.2, 0.25) is 0 Å². The van der Waals surface area contributed by atoms with Crippen LogP contribution in [0.25, 0.3) is 0 Å². The Labute approximate surface area is 156 Å². The maximum atomic E-state index is 12.3. The van der Waals surface area contributed by atoms with Crippen molar-refractivity contribution < 1.29 is 9.53 Å². The molecule has 1 amide bonds. The van der Waals surface area contributed by atoms with E-state index in [4.69, 9.17) is 4.74 Å². The van der Waals surface area contributed by atoms with Crippen molar-refractivity contribution in [3.63, 3.8) is 0 Å². The van der Waals surface area contributed by atoms with Crippen molar-refractivity contribution in [3.05, 3.63) is 62.7 Å². The highest BCUT2D eigenvalue weighted by Gasteiger charge is 2.12. The number of carbonyl (C=O) groups is 1. The summed E-state index contributed by atoms with van der Waals surface area (Å²) >= 11 is 2.21. The average Bonchev–Trinajstić information content (AvgIpc) is 2.61. The van der Waals surface area contributed by atoms with Crippen LogP contribution in [0.5, 0.6) is 0 Å². The second-order valence-corrected chi connectivity index (χ2v) is 7.09. The number of ether oxygens (including phenoxy) is 1. The summed E-state index contributed by atoms with van der Waals surface area (Å²) in [5.74, 6) is -0.0309. The highest BCUT2D eigenvalue weighted by atomic mass is 127. The topological polar surface area (TPSA) is 41.6 Å². The molecule has 126 valence electrons. The first-order chi connectivity index (χ1) is 11.6. The molecule has 0 spiro atoms. The van der Waals surface area contributed by atoms with Gasteiger partial charge in [-0.2, -0.15) is 0 Å². The molecule has 2 aromatic carbocycles. The Morgan fingerprint density at radius 2 is 1.88 bits per heavy atom. The number of halogens is 1. The van der Waals surface area contributed by atoms with E-state index in [-0.39, 0.29) is 5.91 Å². The fourth-order valence-electron chi connectivity index (χ4n) is 2.73. The average molecular weight is 436 g/mol. The number of amides is 1. The molecule has 5 heteroatoms. The molecule has 1 heterocycles. The number of aryl methyl sites for hydroxylation is 1. The van der Waals surface area contributed by atoms with Crippen molar-refractivity contribution in [1.82, 2.24) is 5.32 Å². The second kappa shape index (κ2) is 7.98. The van der Waals surface area contributed by atoms with Crippen LogP contribution < -0.4 is 10.2 Å². The van der Waals surface area contributed by atoms with Gasteiger partial charge in [0.1, 0.15) is 0 Å². The second-order valence-electron chi connectivity index (χ2n) is 5.93. The molecule has 0 atom stereocenters. The van der Waals surface area contributed by atoms with E-state index in [9.17, 15) is 4.79 Å². The van der Waals surface area contributed by atoms with Crippen molar-refractivity contribution in [2.75, 3.05) is 31.2 Å². The number of nitrogens with one attached hydrogen (secondary N) is 1. The van der Waals surface area contributed by atoms with Gasteiger partial charge in [-0.05, 0) is 59.3 Å². The highest BCUT2D eigenvalue weighted by Crippen LogP contribution is 2.17. The summed E-state index contributed by atoms with van der Waals surface area (Å²) in [6.45, 7) is 6.00. The molecule has 0 saturated carbocycles. The zero-order chi connectivity index (χ0) is 16.9. The van der Waals surface area contributed by atoms with E-state index >= 15 is 0 Å². The molecular formula is C19H21IN2O2. The van der Waals surface area contributed by atoms with Gasteiger partial charge < -0.3 is 15.0 Å². The Hall–Kier alpha value is -1.60. The Bertz CT molecular complexity index is 710. The third-order valence-electron chi connectivity index (χ3n) is 4.13. The lowest BCUT2D eigenvalue weighted by Crippen LogP contribution is -2.36. The molecule has 3 rings (SSSR count). The van der Waals surface area contributed by atoms with E-state index in [2.05, 4.69) is 57.1 Å². The van der Waals surface area contributed by atoms with Crippen LogP contribution in [0, 0.1) is 10.5 Å². The molecule has 1 fully saturated rings. The molecule has 1 aliphatic heterocycles. The summed E-state index contributed by atoms with van der Waals surface area (Å²) in [5.41, 5.74) is 4.20. The number of benzene rings is 2. The van der Waals surface area contributed by atoms with Crippen LogP contribution >= 0.6 is 22.6 Å². The zero-order valence-electron chi connectivity index (χ0n) is 13.7. The van der Waals surface area contributed by atoms with Crippen LogP contribution in [-0.4, -0.2) is 32.2 Å². The minimum absolute atomic E-state index is 0.0309. The predicted octanol–water partition coefficient (Wildman–Crippen LogP) is 3.37. The minimum Gasteiger partial charge on any atom is -0.378 e. The molecule has 2 aromatic rings. The van der Waals surface area contributed by atoms with Crippen molar-refractivity contribution in [3.8, 4) is 0 Å². The number of rotatable bonds is 4. The number of nitrogens with zero attached hydrogens (tertiary/aromatic N) is 1. The van der Waals surface area contributed by atoms with Crippen LogP contribution in [0.3, 0.4) is 0 Å². The van der Waals surface area contributed by atoms with E-state index in [1.54, 1.807) is 0 Å². The number of anilines is 1. The summed E-state index contributed by atoms with van der Waals surface area (Å²) in [7, 11) is 0. The van der Waals surface area contributed by atoms with Gasteiger partial charge in [-0.25, -0.2) is 0 Å². The summed E-state index contributed by atoms with van der Waals surface area (Å²) in [6, 6.07) is 14.2. The first-order valence-corrected chi connectivity index (χ1v) is 9.17. The van der Waals surface area contributed by atoms with E-state index in [0.29, 0.717) is 6.54 Å². The standard InChI is InChI=1S/C19H21IN2O2/c1-14-2-7-17(18(20)12-14)19(23)21-13-15-3-5-16(6-4-15)22-8-10-24-11-9-22/h2-7,12H,8-11,13H2,1H3,(H,21,23). The van der Waals surface area contributed by atoms with Crippen LogP contribution in [0.1, 0.15) is 21.5 Å². The molecule has 4 nitrogen and oxygen atoms in total. The minimum atomic E-state index is -0.0309. The zero-order valence-corrected chi connectivity index (χ0v) is 15.9. The molecule has 0 aromatic heterocycles. The van der Waals surface area contributed by atoms with Gasteiger partial charge in [0.05, 0.1) is 18.8 Å².